The molecule has 0 bridgehead atoms. The number of halogens is 2. The molecular weight excluding hydrogens is 439 g/mol. The van der Waals surface area contributed by atoms with E-state index in [9.17, 15) is 9.18 Å². The number of fused-ring (bicyclic) bond motifs is 1. The molecule has 0 atom stereocenters. The van der Waals surface area contributed by atoms with E-state index in [1.807, 2.05) is 24.3 Å². The minimum atomic E-state index is -0.445. The molecule has 2 aromatic carbocycles. The lowest BCUT2D eigenvalue weighted by Crippen LogP contribution is -2.09. The number of pyridine rings is 1. The summed E-state index contributed by atoms with van der Waals surface area (Å²) in [6, 6.07) is 16.6. The van der Waals surface area contributed by atoms with E-state index in [4.69, 9.17) is 9.47 Å². The fraction of sp³-hybridized carbons (Fsp3) is 0.0909. The van der Waals surface area contributed by atoms with Gasteiger partial charge in [0.15, 0.2) is 11.3 Å². The van der Waals surface area contributed by atoms with E-state index in [-0.39, 0.29) is 12.4 Å². The zero-order valence-electron chi connectivity index (χ0n) is 15.4. The van der Waals surface area contributed by atoms with Crippen LogP contribution in [0, 0.1) is 5.82 Å². The molecule has 0 aliphatic carbocycles. The van der Waals surface area contributed by atoms with Crippen molar-refractivity contribution in [3.05, 3.63) is 82.8 Å². The molecule has 4 rings (SSSR count). The number of aromatic nitrogens is 2. The summed E-state index contributed by atoms with van der Waals surface area (Å²) in [4.78, 5) is 17.2. The predicted octanol–water partition coefficient (Wildman–Crippen LogP) is 5.87. The summed E-state index contributed by atoms with van der Waals surface area (Å²) in [6.45, 7) is 2.03. The average molecular weight is 455 g/mol. The molecule has 0 spiro atoms. The van der Waals surface area contributed by atoms with E-state index < -0.39 is 5.97 Å². The average Bonchev–Trinajstić information content (AvgIpc) is 3.12. The van der Waals surface area contributed by atoms with E-state index in [2.05, 4.69) is 20.9 Å². The lowest BCUT2D eigenvalue weighted by Gasteiger charge is -2.07. The molecule has 0 amide bonds. The highest BCUT2D eigenvalue weighted by molar-refractivity contribution is 9.10. The monoisotopic (exact) mass is 454 g/mol. The molecule has 29 heavy (non-hydrogen) atoms. The van der Waals surface area contributed by atoms with Gasteiger partial charge in [0, 0.05) is 11.8 Å². The summed E-state index contributed by atoms with van der Waals surface area (Å²) in [6.07, 6.45) is 1.77. The third-order valence-electron chi connectivity index (χ3n) is 4.25. The smallest absolute Gasteiger partial charge is 0.357 e. The number of imidazole rings is 1. The second-order valence-electron chi connectivity index (χ2n) is 6.16. The van der Waals surface area contributed by atoms with Gasteiger partial charge in [0.25, 0.3) is 0 Å². The van der Waals surface area contributed by atoms with Crippen LogP contribution in [0.15, 0.2) is 71.3 Å². The second kappa shape index (κ2) is 8.05. The van der Waals surface area contributed by atoms with Crippen LogP contribution in [0.2, 0.25) is 0 Å². The number of rotatable bonds is 5. The van der Waals surface area contributed by atoms with Gasteiger partial charge in [-0.2, -0.15) is 0 Å². The maximum Gasteiger partial charge on any atom is 0.357 e. The molecule has 7 heteroatoms. The van der Waals surface area contributed by atoms with Gasteiger partial charge in [-0.05, 0) is 83.5 Å². The van der Waals surface area contributed by atoms with Crippen molar-refractivity contribution in [1.82, 2.24) is 9.38 Å². The van der Waals surface area contributed by atoms with Crippen LogP contribution in [0.25, 0.3) is 16.9 Å². The van der Waals surface area contributed by atoms with Crippen LogP contribution in [0.3, 0.4) is 0 Å². The van der Waals surface area contributed by atoms with Gasteiger partial charge in [0.05, 0.1) is 11.1 Å². The van der Waals surface area contributed by atoms with Crippen LogP contribution in [0.4, 0.5) is 4.39 Å². The summed E-state index contributed by atoms with van der Waals surface area (Å²) < 4.78 is 26.5. The van der Waals surface area contributed by atoms with E-state index in [0.29, 0.717) is 28.5 Å². The van der Waals surface area contributed by atoms with Gasteiger partial charge >= 0.3 is 5.97 Å². The number of ether oxygens (including phenoxy) is 2. The summed E-state index contributed by atoms with van der Waals surface area (Å²) in [5, 5.41) is 0. The Morgan fingerprint density at radius 2 is 1.72 bits per heavy atom. The normalized spacial score (nSPS) is 10.9. The van der Waals surface area contributed by atoms with Gasteiger partial charge in [-0.1, -0.05) is 0 Å². The van der Waals surface area contributed by atoms with Crippen molar-refractivity contribution < 1.29 is 18.7 Å². The molecule has 2 heterocycles. The van der Waals surface area contributed by atoms with Crippen LogP contribution in [0.1, 0.15) is 17.4 Å². The van der Waals surface area contributed by atoms with Crippen LogP contribution < -0.4 is 4.74 Å². The molecule has 5 nitrogen and oxygen atoms in total. The highest BCUT2D eigenvalue weighted by atomic mass is 79.9. The first-order chi connectivity index (χ1) is 14.1. The number of benzene rings is 2. The van der Waals surface area contributed by atoms with Crippen molar-refractivity contribution in [2.75, 3.05) is 6.61 Å². The summed E-state index contributed by atoms with van der Waals surface area (Å²) in [7, 11) is 0. The molecule has 0 aliphatic rings. The molecular formula is C22H16BrFN2O3. The molecule has 0 N–H and O–H groups in total. The lowest BCUT2D eigenvalue weighted by atomic mass is 10.1. The highest BCUT2D eigenvalue weighted by Crippen LogP contribution is 2.30. The van der Waals surface area contributed by atoms with Crippen molar-refractivity contribution in [3.63, 3.8) is 0 Å². The summed E-state index contributed by atoms with van der Waals surface area (Å²) >= 11 is 3.48. The SMILES string of the molecule is CCOC(=O)c1c(-c2ccc(Oc3ccc(F)cc3)cc2)nc2c(Br)cccn12. The largest absolute Gasteiger partial charge is 0.461 e. The molecule has 2 aromatic heterocycles. The maximum atomic E-state index is 13.0. The molecule has 0 unspecified atom stereocenters. The van der Waals surface area contributed by atoms with Crippen molar-refractivity contribution >= 4 is 27.5 Å². The molecule has 0 aliphatic heterocycles. The number of carbonyl (C=O) groups is 1. The molecule has 4 aromatic rings. The van der Waals surface area contributed by atoms with Crippen LogP contribution in [-0.4, -0.2) is 22.0 Å². The molecule has 0 radical (unpaired) electrons. The quantitative estimate of drug-likeness (QED) is 0.353. The Kier molecular flexibility index (Phi) is 5.31. The van der Waals surface area contributed by atoms with Crippen LogP contribution in [-0.2, 0) is 4.74 Å². The van der Waals surface area contributed by atoms with Crippen molar-refractivity contribution in [3.8, 4) is 22.8 Å². The maximum absolute atomic E-state index is 13.0. The fourth-order valence-electron chi connectivity index (χ4n) is 2.95. The van der Waals surface area contributed by atoms with Gasteiger partial charge in [0.2, 0.25) is 0 Å². The van der Waals surface area contributed by atoms with Crippen molar-refractivity contribution in [1.29, 1.82) is 0 Å². The molecule has 146 valence electrons. The zero-order valence-corrected chi connectivity index (χ0v) is 17.0. The molecule has 0 fully saturated rings. The van der Waals surface area contributed by atoms with E-state index in [1.165, 1.54) is 12.1 Å². The van der Waals surface area contributed by atoms with Gasteiger partial charge in [-0.15, -0.1) is 0 Å². The number of carbonyl (C=O) groups excluding carboxylic acids is 1. The van der Waals surface area contributed by atoms with Crippen molar-refractivity contribution in [2.45, 2.75) is 6.92 Å². The summed E-state index contributed by atoms with van der Waals surface area (Å²) in [5.41, 5.74) is 2.24. The zero-order chi connectivity index (χ0) is 20.4. The predicted molar refractivity (Wildman–Crippen MR) is 111 cm³/mol. The minimum Gasteiger partial charge on any atom is -0.461 e. The Morgan fingerprint density at radius 3 is 2.38 bits per heavy atom. The Labute approximate surface area is 174 Å². The first kappa shape index (κ1) is 19.1. The standard InChI is InChI=1S/C22H16BrFN2O3/c1-2-28-22(27)20-19(25-21-18(23)4-3-13-26(20)21)14-5-9-16(10-6-14)29-17-11-7-15(24)8-12-17/h3-13H,2H2,1H3. The van der Waals surface area contributed by atoms with Crippen molar-refractivity contribution in [2.24, 2.45) is 0 Å². The van der Waals surface area contributed by atoms with Gasteiger partial charge in [-0.25, -0.2) is 14.2 Å². The highest BCUT2D eigenvalue weighted by Gasteiger charge is 2.22. The first-order valence-corrected chi connectivity index (χ1v) is 9.73. The Balaban J connectivity index is 1.72. The number of hydrogen-bond donors (Lipinski definition) is 0. The lowest BCUT2D eigenvalue weighted by molar-refractivity contribution is 0.0519. The van der Waals surface area contributed by atoms with Crippen LogP contribution >= 0.6 is 15.9 Å². The molecule has 0 saturated carbocycles. The third kappa shape index (κ3) is 3.86. The number of nitrogens with zero attached hydrogens (tertiary/aromatic N) is 2. The number of hydrogen-bond acceptors (Lipinski definition) is 4. The Hall–Kier alpha value is -3.19. The summed E-state index contributed by atoms with van der Waals surface area (Å²) in [5.74, 6) is 0.350. The topological polar surface area (TPSA) is 52.8 Å². The first-order valence-electron chi connectivity index (χ1n) is 8.94. The van der Waals surface area contributed by atoms with Gasteiger partial charge < -0.3 is 9.47 Å². The number of esters is 1. The second-order valence-corrected chi connectivity index (χ2v) is 7.01. The minimum absolute atomic E-state index is 0.268. The van der Waals surface area contributed by atoms with Gasteiger partial charge in [-0.3, -0.25) is 4.40 Å². The van der Waals surface area contributed by atoms with Gasteiger partial charge in [0.1, 0.15) is 23.0 Å². The van der Waals surface area contributed by atoms with E-state index in [0.717, 1.165) is 10.0 Å². The van der Waals surface area contributed by atoms with Crippen LogP contribution in [0.5, 0.6) is 11.5 Å². The Morgan fingerprint density at radius 1 is 1.07 bits per heavy atom. The fourth-order valence-corrected chi connectivity index (χ4v) is 3.38. The Bertz CT molecular complexity index is 1170. The van der Waals surface area contributed by atoms with E-state index >= 15 is 0 Å². The van der Waals surface area contributed by atoms with E-state index in [1.54, 1.807) is 41.8 Å². The third-order valence-corrected chi connectivity index (χ3v) is 4.87. The molecule has 0 saturated heterocycles.